The molecule has 0 radical (unpaired) electrons. The molecule has 0 spiro atoms. The van der Waals surface area contributed by atoms with Gasteiger partial charge in [0.1, 0.15) is 5.82 Å². The highest BCUT2D eigenvalue weighted by Crippen LogP contribution is 2.37. The molecule has 7 heteroatoms. The van der Waals surface area contributed by atoms with Crippen LogP contribution in [0.2, 0.25) is 0 Å². The van der Waals surface area contributed by atoms with Crippen LogP contribution in [-0.2, 0) is 11.3 Å². The number of rotatable bonds is 4. The molecule has 1 saturated carbocycles. The fourth-order valence-corrected chi connectivity index (χ4v) is 5.09. The van der Waals surface area contributed by atoms with Crippen molar-refractivity contribution in [2.24, 2.45) is 11.8 Å². The Morgan fingerprint density at radius 3 is 2.69 bits per heavy atom. The lowest BCUT2D eigenvalue weighted by atomic mass is 9.78. The first kappa shape index (κ1) is 20.8. The Hall–Kier alpha value is -3.06. The smallest absolute Gasteiger partial charge is 0.261 e. The van der Waals surface area contributed by atoms with Gasteiger partial charge in [-0.1, -0.05) is 38.8 Å². The third-order valence-corrected chi connectivity index (χ3v) is 7.05. The van der Waals surface area contributed by atoms with Gasteiger partial charge in [-0.15, -0.1) is 0 Å². The van der Waals surface area contributed by atoms with Gasteiger partial charge in [0.05, 0.1) is 28.8 Å². The fourth-order valence-electron chi connectivity index (χ4n) is 5.09. The van der Waals surface area contributed by atoms with E-state index in [0.717, 1.165) is 24.0 Å². The van der Waals surface area contributed by atoms with Gasteiger partial charge in [-0.2, -0.15) is 5.10 Å². The van der Waals surface area contributed by atoms with Crippen LogP contribution < -0.4 is 5.56 Å². The molecule has 4 aromatic rings. The summed E-state index contributed by atoms with van der Waals surface area (Å²) in [5.74, 6) is 0.736. The molecule has 3 aromatic heterocycles. The maximum absolute atomic E-state index is 13.5. The molecule has 3 atom stereocenters. The molecule has 0 amide bonds. The summed E-state index contributed by atoms with van der Waals surface area (Å²) in [6, 6.07) is 8.41. The van der Waals surface area contributed by atoms with Gasteiger partial charge in [0, 0.05) is 25.5 Å². The SMILES string of the molecule is COCc1nn2c(ncc3c(=O)n([C@@H]4CCC[C@@H](C)[C@@H]4C)ccc32)c1-c1ccc(F)cc1. The number of pyridine rings is 1. The molecule has 5 rings (SSSR count). The summed E-state index contributed by atoms with van der Waals surface area (Å²) in [4.78, 5) is 18.1. The normalized spacial score (nSPS) is 21.4. The van der Waals surface area contributed by atoms with E-state index in [1.165, 1.54) is 18.6 Å². The van der Waals surface area contributed by atoms with Crippen molar-refractivity contribution in [2.75, 3.05) is 7.11 Å². The molecule has 1 fully saturated rings. The zero-order valence-electron chi connectivity index (χ0n) is 18.6. The van der Waals surface area contributed by atoms with E-state index in [9.17, 15) is 9.18 Å². The topological polar surface area (TPSA) is 61.4 Å². The van der Waals surface area contributed by atoms with E-state index in [4.69, 9.17) is 9.84 Å². The van der Waals surface area contributed by atoms with Crippen molar-refractivity contribution < 1.29 is 9.13 Å². The van der Waals surface area contributed by atoms with Crippen molar-refractivity contribution in [3.63, 3.8) is 0 Å². The summed E-state index contributed by atoms with van der Waals surface area (Å²) in [5.41, 5.74) is 3.57. The highest BCUT2D eigenvalue weighted by Gasteiger charge is 2.29. The monoisotopic (exact) mass is 434 g/mol. The third-order valence-electron chi connectivity index (χ3n) is 7.05. The van der Waals surface area contributed by atoms with Crippen LogP contribution in [0.15, 0.2) is 47.5 Å². The third kappa shape index (κ3) is 3.32. The molecule has 0 saturated heterocycles. The van der Waals surface area contributed by atoms with Crippen molar-refractivity contribution in [1.29, 1.82) is 0 Å². The molecular formula is C25H27FN4O2. The maximum Gasteiger partial charge on any atom is 0.261 e. The second-order valence-electron chi connectivity index (χ2n) is 8.92. The van der Waals surface area contributed by atoms with E-state index >= 15 is 0 Å². The summed E-state index contributed by atoms with van der Waals surface area (Å²) in [7, 11) is 1.61. The summed E-state index contributed by atoms with van der Waals surface area (Å²) in [5, 5.41) is 5.27. The quantitative estimate of drug-likeness (QED) is 0.454. The molecule has 6 nitrogen and oxygen atoms in total. The number of halogens is 1. The van der Waals surface area contributed by atoms with Gasteiger partial charge in [-0.05, 0) is 42.0 Å². The van der Waals surface area contributed by atoms with Crippen molar-refractivity contribution in [3.8, 4) is 11.1 Å². The molecule has 0 unspecified atom stereocenters. The average Bonchev–Trinajstić information content (AvgIpc) is 3.15. The Balaban J connectivity index is 1.70. The lowest BCUT2D eigenvalue weighted by Gasteiger charge is -2.35. The van der Waals surface area contributed by atoms with Gasteiger partial charge in [0.15, 0.2) is 5.65 Å². The van der Waals surface area contributed by atoms with Crippen LogP contribution in [0.1, 0.15) is 44.8 Å². The standard InChI is InChI=1S/C25H27FN4O2/c1-15-5-4-6-21(16(15)2)29-12-11-22-19(25(29)31)13-27-24-23(17-7-9-18(26)10-8-17)20(14-32-3)28-30(22)24/h7-13,15-16,21H,4-6,14H2,1-3H3/t15-,16+,21-/m1/s1. The lowest BCUT2D eigenvalue weighted by Crippen LogP contribution is -2.33. The van der Waals surface area contributed by atoms with Gasteiger partial charge in [-0.3, -0.25) is 4.79 Å². The molecule has 0 aliphatic heterocycles. The number of hydrogen-bond acceptors (Lipinski definition) is 4. The highest BCUT2D eigenvalue weighted by molar-refractivity contribution is 5.86. The van der Waals surface area contributed by atoms with Crippen LogP contribution in [-0.4, -0.2) is 26.3 Å². The number of benzene rings is 1. The summed E-state index contributed by atoms with van der Waals surface area (Å²) in [6.45, 7) is 4.80. The fraction of sp³-hybridized carbons (Fsp3) is 0.400. The molecule has 1 aromatic carbocycles. The van der Waals surface area contributed by atoms with Crippen LogP contribution in [0.5, 0.6) is 0 Å². The second-order valence-corrected chi connectivity index (χ2v) is 8.92. The molecule has 32 heavy (non-hydrogen) atoms. The zero-order valence-corrected chi connectivity index (χ0v) is 18.6. The number of nitrogens with zero attached hydrogens (tertiary/aromatic N) is 4. The predicted molar refractivity (Wildman–Crippen MR) is 122 cm³/mol. The summed E-state index contributed by atoms with van der Waals surface area (Å²) in [6.07, 6.45) is 6.91. The van der Waals surface area contributed by atoms with Crippen LogP contribution in [0.4, 0.5) is 4.39 Å². The minimum atomic E-state index is -0.302. The zero-order chi connectivity index (χ0) is 22.4. The Labute approximate surface area is 185 Å². The van der Waals surface area contributed by atoms with Crippen molar-refractivity contribution >= 4 is 16.6 Å². The summed E-state index contributed by atoms with van der Waals surface area (Å²) >= 11 is 0. The van der Waals surface area contributed by atoms with E-state index < -0.39 is 0 Å². The van der Waals surface area contributed by atoms with E-state index in [-0.39, 0.29) is 24.0 Å². The molecule has 166 valence electrons. The number of aromatic nitrogens is 4. The lowest BCUT2D eigenvalue weighted by molar-refractivity contribution is 0.181. The first-order valence-electron chi connectivity index (χ1n) is 11.2. The summed E-state index contributed by atoms with van der Waals surface area (Å²) < 4.78 is 22.4. The van der Waals surface area contributed by atoms with Gasteiger partial charge >= 0.3 is 0 Å². The van der Waals surface area contributed by atoms with E-state index in [1.807, 2.05) is 16.8 Å². The molecule has 1 aliphatic carbocycles. The van der Waals surface area contributed by atoms with Crippen LogP contribution in [0, 0.1) is 17.7 Å². The number of fused-ring (bicyclic) bond motifs is 3. The Kier molecular flexibility index (Phi) is 5.29. The number of methoxy groups -OCH3 is 1. The Morgan fingerprint density at radius 1 is 1.16 bits per heavy atom. The minimum absolute atomic E-state index is 0.0324. The maximum atomic E-state index is 13.5. The highest BCUT2D eigenvalue weighted by atomic mass is 19.1. The molecule has 0 bridgehead atoms. The Morgan fingerprint density at radius 2 is 1.94 bits per heavy atom. The molecular weight excluding hydrogens is 407 g/mol. The largest absolute Gasteiger partial charge is 0.378 e. The molecule has 0 N–H and O–H groups in total. The van der Waals surface area contributed by atoms with E-state index in [1.54, 1.807) is 30.0 Å². The average molecular weight is 435 g/mol. The van der Waals surface area contributed by atoms with Crippen LogP contribution in [0.3, 0.4) is 0 Å². The molecule has 3 heterocycles. The van der Waals surface area contributed by atoms with Crippen LogP contribution >= 0.6 is 0 Å². The van der Waals surface area contributed by atoms with Gasteiger partial charge in [0.25, 0.3) is 5.56 Å². The number of hydrogen-bond donors (Lipinski definition) is 0. The molecule has 1 aliphatic rings. The van der Waals surface area contributed by atoms with Gasteiger partial charge in [-0.25, -0.2) is 13.9 Å². The van der Waals surface area contributed by atoms with Crippen molar-refractivity contribution in [2.45, 2.75) is 45.8 Å². The van der Waals surface area contributed by atoms with Gasteiger partial charge < -0.3 is 9.30 Å². The van der Waals surface area contributed by atoms with E-state index in [2.05, 4.69) is 18.8 Å². The van der Waals surface area contributed by atoms with Crippen molar-refractivity contribution in [3.05, 3.63) is 64.6 Å². The second kappa shape index (κ2) is 8.13. The van der Waals surface area contributed by atoms with E-state index in [0.29, 0.717) is 34.1 Å². The van der Waals surface area contributed by atoms with Gasteiger partial charge in [0.2, 0.25) is 0 Å². The number of ether oxygens (including phenoxy) is 1. The first-order valence-corrected chi connectivity index (χ1v) is 11.2. The minimum Gasteiger partial charge on any atom is -0.378 e. The first-order chi connectivity index (χ1) is 15.5. The van der Waals surface area contributed by atoms with Crippen molar-refractivity contribution in [1.82, 2.24) is 19.2 Å². The van der Waals surface area contributed by atoms with Crippen LogP contribution in [0.25, 0.3) is 27.7 Å². The Bertz CT molecular complexity index is 1340. The predicted octanol–water partition coefficient (Wildman–Crippen LogP) is 4.99.